The van der Waals surface area contributed by atoms with Gasteiger partial charge in [-0.05, 0) is 23.4 Å². The van der Waals surface area contributed by atoms with Crippen LogP contribution in [0.1, 0.15) is 23.7 Å². The quantitative estimate of drug-likeness (QED) is 0.860. The molecule has 0 saturated heterocycles. The summed E-state index contributed by atoms with van der Waals surface area (Å²) in [6.45, 7) is 2.12. The first-order valence-electron chi connectivity index (χ1n) is 7.08. The van der Waals surface area contributed by atoms with Crippen LogP contribution in [0.15, 0.2) is 36.4 Å². The van der Waals surface area contributed by atoms with Gasteiger partial charge in [0.2, 0.25) is 0 Å². The number of ether oxygens (including phenoxy) is 1. The van der Waals surface area contributed by atoms with Crippen molar-refractivity contribution in [2.75, 3.05) is 13.7 Å². The zero-order valence-corrected chi connectivity index (χ0v) is 12.6. The number of rotatable bonds is 6. The van der Waals surface area contributed by atoms with E-state index in [1.807, 2.05) is 24.3 Å². The first kappa shape index (κ1) is 15.8. The van der Waals surface area contributed by atoms with Gasteiger partial charge in [0.1, 0.15) is 5.75 Å². The van der Waals surface area contributed by atoms with Crippen LogP contribution in [0.25, 0.3) is 10.8 Å². The molecule has 2 rings (SSSR count). The number of amides is 1. The Balaban J connectivity index is 2.20. The van der Waals surface area contributed by atoms with E-state index in [1.54, 1.807) is 26.2 Å². The molecule has 0 aromatic heterocycles. The van der Waals surface area contributed by atoms with E-state index in [9.17, 15) is 9.59 Å². The van der Waals surface area contributed by atoms with Crippen LogP contribution >= 0.6 is 0 Å². The van der Waals surface area contributed by atoms with E-state index >= 15 is 0 Å². The summed E-state index contributed by atoms with van der Waals surface area (Å²) in [4.78, 5) is 23.0. The lowest BCUT2D eigenvalue weighted by molar-refractivity contribution is -0.137. The maximum Gasteiger partial charge on any atom is 0.303 e. The molecule has 0 aliphatic heterocycles. The Morgan fingerprint density at radius 1 is 1.18 bits per heavy atom. The van der Waals surface area contributed by atoms with Crippen molar-refractivity contribution in [2.24, 2.45) is 5.92 Å². The Labute approximate surface area is 128 Å². The number of fused-ring (bicyclic) bond motifs is 1. The fourth-order valence-corrected chi connectivity index (χ4v) is 2.38. The van der Waals surface area contributed by atoms with Gasteiger partial charge < -0.3 is 15.2 Å². The third-order valence-corrected chi connectivity index (χ3v) is 3.48. The summed E-state index contributed by atoms with van der Waals surface area (Å²) in [5.41, 5.74) is 0.555. The molecule has 0 heterocycles. The van der Waals surface area contributed by atoms with Gasteiger partial charge in [-0.25, -0.2) is 0 Å². The number of carbonyl (C=O) groups is 2. The van der Waals surface area contributed by atoms with Crippen molar-refractivity contribution in [3.05, 3.63) is 42.0 Å². The molecule has 0 spiro atoms. The molecule has 2 N–H and O–H groups in total. The lowest BCUT2D eigenvalue weighted by Crippen LogP contribution is -2.29. The second-order valence-electron chi connectivity index (χ2n) is 5.27. The van der Waals surface area contributed by atoms with Gasteiger partial charge in [0.05, 0.1) is 7.11 Å². The van der Waals surface area contributed by atoms with Crippen molar-refractivity contribution in [2.45, 2.75) is 13.3 Å². The molecule has 5 nitrogen and oxygen atoms in total. The number of hydrogen-bond donors (Lipinski definition) is 2. The average Bonchev–Trinajstić information content (AvgIpc) is 2.51. The largest absolute Gasteiger partial charge is 0.496 e. The monoisotopic (exact) mass is 301 g/mol. The van der Waals surface area contributed by atoms with Gasteiger partial charge in [0.25, 0.3) is 5.91 Å². The van der Waals surface area contributed by atoms with Crippen LogP contribution in [0.2, 0.25) is 0 Å². The number of benzene rings is 2. The fraction of sp³-hybridized carbons (Fsp3) is 0.294. The molecule has 0 aliphatic carbocycles. The van der Waals surface area contributed by atoms with E-state index in [-0.39, 0.29) is 18.2 Å². The highest BCUT2D eigenvalue weighted by molar-refractivity contribution is 6.08. The normalized spacial score (nSPS) is 11.9. The van der Waals surface area contributed by atoms with Gasteiger partial charge in [0, 0.05) is 23.9 Å². The Bertz CT molecular complexity index is 696. The second-order valence-corrected chi connectivity index (χ2v) is 5.27. The molecule has 0 fully saturated rings. The van der Waals surface area contributed by atoms with E-state index in [1.165, 1.54) is 0 Å². The van der Waals surface area contributed by atoms with Gasteiger partial charge in [-0.3, -0.25) is 9.59 Å². The third-order valence-electron chi connectivity index (χ3n) is 3.48. The molecular formula is C17H19NO4. The lowest BCUT2D eigenvalue weighted by Gasteiger charge is -2.13. The predicted octanol–water partition coefficient (Wildman–Crippen LogP) is 2.69. The zero-order valence-electron chi connectivity index (χ0n) is 12.6. The summed E-state index contributed by atoms with van der Waals surface area (Å²) in [5.74, 6) is -0.481. The van der Waals surface area contributed by atoms with E-state index in [4.69, 9.17) is 9.84 Å². The Hall–Kier alpha value is -2.56. The van der Waals surface area contributed by atoms with Gasteiger partial charge >= 0.3 is 5.97 Å². The first-order valence-corrected chi connectivity index (χ1v) is 7.08. The number of hydrogen-bond acceptors (Lipinski definition) is 3. The van der Waals surface area contributed by atoms with Crippen molar-refractivity contribution < 1.29 is 19.4 Å². The van der Waals surface area contributed by atoms with Gasteiger partial charge in [0.15, 0.2) is 0 Å². The Kier molecular flexibility index (Phi) is 4.99. The standard InChI is InChI=1S/C17H19NO4/c1-11(9-16(19)20)10-18-17(21)14-7-8-15(22-2)13-6-4-3-5-12(13)14/h3-8,11H,9-10H2,1-2H3,(H,18,21)(H,19,20). The molecule has 2 aromatic carbocycles. The minimum absolute atomic E-state index is 0.0314. The lowest BCUT2D eigenvalue weighted by atomic mass is 10.0. The van der Waals surface area contributed by atoms with Crippen molar-refractivity contribution >= 4 is 22.6 Å². The van der Waals surface area contributed by atoms with Crippen molar-refractivity contribution in [1.82, 2.24) is 5.32 Å². The summed E-state index contributed by atoms with van der Waals surface area (Å²) < 4.78 is 5.31. The van der Waals surface area contributed by atoms with Gasteiger partial charge in [-0.15, -0.1) is 0 Å². The molecule has 1 amide bonds. The fourth-order valence-electron chi connectivity index (χ4n) is 2.38. The van der Waals surface area contributed by atoms with Crippen LogP contribution in [-0.4, -0.2) is 30.6 Å². The topological polar surface area (TPSA) is 75.6 Å². The SMILES string of the molecule is COc1ccc(C(=O)NCC(C)CC(=O)O)c2ccccc12. The Morgan fingerprint density at radius 2 is 1.86 bits per heavy atom. The summed E-state index contributed by atoms with van der Waals surface area (Å²) in [5, 5.41) is 13.2. The number of methoxy groups -OCH3 is 1. The molecule has 0 saturated carbocycles. The molecule has 0 radical (unpaired) electrons. The van der Waals surface area contributed by atoms with E-state index in [0.717, 1.165) is 10.8 Å². The van der Waals surface area contributed by atoms with E-state index < -0.39 is 5.97 Å². The van der Waals surface area contributed by atoms with Crippen molar-refractivity contribution in [3.8, 4) is 5.75 Å². The van der Waals surface area contributed by atoms with Gasteiger partial charge in [-0.2, -0.15) is 0 Å². The number of carboxylic acids is 1. The van der Waals surface area contributed by atoms with Crippen molar-refractivity contribution in [3.63, 3.8) is 0 Å². The maximum absolute atomic E-state index is 12.3. The first-order chi connectivity index (χ1) is 10.5. The highest BCUT2D eigenvalue weighted by atomic mass is 16.5. The summed E-state index contributed by atoms with van der Waals surface area (Å²) >= 11 is 0. The number of carboxylic acid groups (broad SMARTS) is 1. The molecular weight excluding hydrogens is 282 g/mol. The highest BCUT2D eigenvalue weighted by Gasteiger charge is 2.14. The average molecular weight is 301 g/mol. The maximum atomic E-state index is 12.3. The summed E-state index contributed by atoms with van der Waals surface area (Å²) in [7, 11) is 1.59. The molecule has 116 valence electrons. The van der Waals surface area contributed by atoms with E-state index in [0.29, 0.717) is 17.9 Å². The predicted molar refractivity (Wildman–Crippen MR) is 84.3 cm³/mol. The Morgan fingerprint density at radius 3 is 2.50 bits per heavy atom. The van der Waals surface area contributed by atoms with Crippen LogP contribution in [0, 0.1) is 5.92 Å². The van der Waals surface area contributed by atoms with Crippen LogP contribution in [0.5, 0.6) is 5.75 Å². The minimum atomic E-state index is -0.864. The minimum Gasteiger partial charge on any atom is -0.496 e. The van der Waals surface area contributed by atoms with Crippen LogP contribution < -0.4 is 10.1 Å². The van der Waals surface area contributed by atoms with Crippen LogP contribution in [0.4, 0.5) is 0 Å². The molecule has 5 heteroatoms. The summed E-state index contributed by atoms with van der Waals surface area (Å²) in [6.07, 6.45) is 0.0314. The molecule has 1 atom stereocenters. The molecule has 0 aliphatic rings. The smallest absolute Gasteiger partial charge is 0.303 e. The van der Waals surface area contributed by atoms with E-state index in [2.05, 4.69) is 5.32 Å². The zero-order chi connectivity index (χ0) is 16.1. The third kappa shape index (κ3) is 3.55. The molecule has 0 bridgehead atoms. The number of carbonyl (C=O) groups excluding carboxylic acids is 1. The molecule has 22 heavy (non-hydrogen) atoms. The van der Waals surface area contributed by atoms with Gasteiger partial charge in [-0.1, -0.05) is 31.2 Å². The summed E-state index contributed by atoms with van der Waals surface area (Å²) in [6, 6.07) is 11.0. The van der Waals surface area contributed by atoms with Crippen LogP contribution in [-0.2, 0) is 4.79 Å². The molecule has 1 unspecified atom stereocenters. The second kappa shape index (κ2) is 6.93. The highest BCUT2D eigenvalue weighted by Crippen LogP contribution is 2.28. The number of nitrogens with one attached hydrogen (secondary N) is 1. The number of aliphatic carboxylic acids is 1. The molecule has 2 aromatic rings. The van der Waals surface area contributed by atoms with Crippen molar-refractivity contribution in [1.29, 1.82) is 0 Å². The van der Waals surface area contributed by atoms with Crippen LogP contribution in [0.3, 0.4) is 0 Å².